The molecule has 0 atom stereocenters. The second-order valence-corrected chi connectivity index (χ2v) is 8.48. The molecule has 1 N–H and O–H groups in total. The molecular formula is C28H25N3O5. The minimum absolute atomic E-state index is 0.0226. The van der Waals surface area contributed by atoms with Crippen molar-refractivity contribution >= 4 is 33.7 Å². The normalized spacial score (nSPS) is 11.2. The summed E-state index contributed by atoms with van der Waals surface area (Å²) in [6, 6.07) is 21.7. The number of aromatic nitrogens is 2. The van der Waals surface area contributed by atoms with Gasteiger partial charge in [0.15, 0.2) is 0 Å². The fraction of sp³-hybridized carbons (Fsp3) is 0.179. The maximum atomic E-state index is 13.6. The standard InChI is InChI=1S/C28H25N3O5/c1-3-18-8-12-20(13-9-18)29-24(32)17-30-25-22-6-4-5-7-23(22)36-26(25)27(33)31(28(30)34)16-19-10-14-21(35-2)15-11-19/h4-15H,3,16-17H2,1-2H3,(H,29,32). The predicted octanol–water partition coefficient (Wildman–Crippen LogP) is 4.17. The van der Waals surface area contributed by atoms with Gasteiger partial charge in [-0.2, -0.15) is 0 Å². The maximum absolute atomic E-state index is 13.6. The third-order valence-electron chi connectivity index (χ3n) is 6.19. The lowest BCUT2D eigenvalue weighted by atomic mass is 10.1. The van der Waals surface area contributed by atoms with E-state index >= 15 is 0 Å². The van der Waals surface area contributed by atoms with Crippen molar-refractivity contribution in [2.75, 3.05) is 12.4 Å². The molecule has 0 unspecified atom stereocenters. The van der Waals surface area contributed by atoms with Crippen LogP contribution >= 0.6 is 0 Å². The Morgan fingerprint density at radius 3 is 2.31 bits per heavy atom. The summed E-state index contributed by atoms with van der Waals surface area (Å²) in [6.45, 7) is 1.80. The molecule has 0 saturated heterocycles. The van der Waals surface area contributed by atoms with Crippen molar-refractivity contribution in [1.82, 2.24) is 9.13 Å². The van der Waals surface area contributed by atoms with Gasteiger partial charge in [-0.1, -0.05) is 43.3 Å². The molecule has 0 saturated carbocycles. The van der Waals surface area contributed by atoms with E-state index in [1.165, 1.54) is 4.57 Å². The van der Waals surface area contributed by atoms with Crippen LogP contribution in [0.25, 0.3) is 22.1 Å². The highest BCUT2D eigenvalue weighted by Crippen LogP contribution is 2.25. The van der Waals surface area contributed by atoms with Crippen LogP contribution in [0.3, 0.4) is 0 Å². The second kappa shape index (κ2) is 9.58. The zero-order chi connectivity index (χ0) is 25.2. The molecule has 0 aliphatic rings. The van der Waals surface area contributed by atoms with Gasteiger partial charge in [-0.3, -0.25) is 18.7 Å². The van der Waals surface area contributed by atoms with E-state index in [1.807, 2.05) is 24.3 Å². The number of amides is 1. The third kappa shape index (κ3) is 4.29. The van der Waals surface area contributed by atoms with Crippen LogP contribution in [-0.4, -0.2) is 22.2 Å². The number of benzene rings is 3. The SMILES string of the molecule is CCc1ccc(NC(=O)Cn2c(=O)n(Cc3ccc(OC)cc3)c(=O)c3oc4ccccc4c32)cc1. The largest absolute Gasteiger partial charge is 0.497 e. The van der Waals surface area contributed by atoms with Crippen LogP contribution in [0.2, 0.25) is 0 Å². The van der Waals surface area contributed by atoms with E-state index in [2.05, 4.69) is 12.2 Å². The van der Waals surface area contributed by atoms with E-state index in [0.29, 0.717) is 27.9 Å². The number of methoxy groups -OCH3 is 1. The monoisotopic (exact) mass is 483 g/mol. The molecule has 5 aromatic rings. The number of carbonyl (C=O) groups is 1. The molecule has 36 heavy (non-hydrogen) atoms. The van der Waals surface area contributed by atoms with Crippen LogP contribution in [0.5, 0.6) is 5.75 Å². The first-order valence-corrected chi connectivity index (χ1v) is 11.6. The minimum atomic E-state index is -0.591. The van der Waals surface area contributed by atoms with Gasteiger partial charge in [0, 0.05) is 11.1 Å². The lowest BCUT2D eigenvalue weighted by molar-refractivity contribution is -0.116. The molecule has 0 aliphatic carbocycles. The molecule has 2 heterocycles. The zero-order valence-electron chi connectivity index (χ0n) is 20.0. The number of anilines is 1. The van der Waals surface area contributed by atoms with E-state index < -0.39 is 11.2 Å². The average Bonchev–Trinajstić information content (AvgIpc) is 3.30. The summed E-state index contributed by atoms with van der Waals surface area (Å²) in [5.74, 6) is 0.280. The number of para-hydroxylation sites is 1. The molecule has 0 bridgehead atoms. The summed E-state index contributed by atoms with van der Waals surface area (Å²) in [7, 11) is 1.57. The molecule has 0 radical (unpaired) electrons. The first-order chi connectivity index (χ1) is 17.5. The molecule has 3 aromatic carbocycles. The van der Waals surface area contributed by atoms with E-state index in [9.17, 15) is 14.4 Å². The topological polar surface area (TPSA) is 95.5 Å². The summed E-state index contributed by atoms with van der Waals surface area (Å²) in [6.07, 6.45) is 0.894. The Bertz CT molecular complexity index is 1680. The van der Waals surface area contributed by atoms with E-state index in [-0.39, 0.29) is 24.6 Å². The highest BCUT2D eigenvalue weighted by atomic mass is 16.5. The number of furan rings is 1. The zero-order valence-corrected chi connectivity index (χ0v) is 20.0. The van der Waals surface area contributed by atoms with Gasteiger partial charge >= 0.3 is 5.69 Å². The number of rotatable bonds is 7. The van der Waals surface area contributed by atoms with Gasteiger partial charge in [-0.25, -0.2) is 4.79 Å². The number of nitrogens with one attached hydrogen (secondary N) is 1. The summed E-state index contributed by atoms with van der Waals surface area (Å²) in [5.41, 5.74) is 2.19. The van der Waals surface area contributed by atoms with Gasteiger partial charge in [-0.15, -0.1) is 0 Å². The van der Waals surface area contributed by atoms with Crippen LogP contribution in [0.4, 0.5) is 5.69 Å². The fourth-order valence-electron chi connectivity index (χ4n) is 4.26. The van der Waals surface area contributed by atoms with Gasteiger partial charge in [-0.05, 0) is 53.9 Å². The molecule has 8 nitrogen and oxygen atoms in total. The number of hydrogen-bond donors (Lipinski definition) is 1. The highest BCUT2D eigenvalue weighted by Gasteiger charge is 2.21. The van der Waals surface area contributed by atoms with Gasteiger partial charge in [0.1, 0.15) is 23.4 Å². The summed E-state index contributed by atoms with van der Waals surface area (Å²) in [4.78, 5) is 40.0. The number of hydrogen-bond acceptors (Lipinski definition) is 5. The molecule has 0 spiro atoms. The molecule has 1 amide bonds. The van der Waals surface area contributed by atoms with Crippen LogP contribution in [-0.2, 0) is 24.3 Å². The Balaban J connectivity index is 1.59. The van der Waals surface area contributed by atoms with Crippen LogP contribution in [0.15, 0.2) is 86.8 Å². The number of nitrogens with zero attached hydrogens (tertiary/aromatic N) is 2. The molecule has 182 valence electrons. The maximum Gasteiger partial charge on any atom is 0.332 e. The third-order valence-corrected chi connectivity index (χ3v) is 6.19. The Morgan fingerprint density at radius 1 is 0.917 bits per heavy atom. The van der Waals surface area contributed by atoms with E-state index in [4.69, 9.17) is 9.15 Å². The van der Waals surface area contributed by atoms with Gasteiger partial charge in [0.25, 0.3) is 5.56 Å². The molecule has 5 rings (SSSR count). The smallest absolute Gasteiger partial charge is 0.332 e. The number of ether oxygens (including phenoxy) is 1. The van der Waals surface area contributed by atoms with E-state index in [1.54, 1.807) is 55.6 Å². The number of aryl methyl sites for hydroxylation is 1. The van der Waals surface area contributed by atoms with Crippen molar-refractivity contribution in [2.45, 2.75) is 26.4 Å². The van der Waals surface area contributed by atoms with Crippen LogP contribution in [0.1, 0.15) is 18.1 Å². The first kappa shape index (κ1) is 23.2. The number of carbonyl (C=O) groups excluding carboxylic acids is 1. The Hall–Kier alpha value is -4.59. The highest BCUT2D eigenvalue weighted by molar-refractivity contribution is 6.03. The Morgan fingerprint density at radius 2 is 1.61 bits per heavy atom. The van der Waals surface area contributed by atoms with Crippen molar-refractivity contribution in [3.8, 4) is 5.75 Å². The van der Waals surface area contributed by atoms with E-state index in [0.717, 1.165) is 22.1 Å². The number of fused-ring (bicyclic) bond motifs is 3. The lowest BCUT2D eigenvalue weighted by Gasteiger charge is -2.13. The van der Waals surface area contributed by atoms with Crippen molar-refractivity contribution < 1.29 is 13.9 Å². The first-order valence-electron chi connectivity index (χ1n) is 11.6. The summed E-state index contributed by atoms with van der Waals surface area (Å²) < 4.78 is 13.5. The van der Waals surface area contributed by atoms with Crippen molar-refractivity contribution in [2.24, 2.45) is 0 Å². The van der Waals surface area contributed by atoms with Gasteiger partial charge in [0.2, 0.25) is 11.5 Å². The Kier molecular flexibility index (Phi) is 6.16. The van der Waals surface area contributed by atoms with Gasteiger partial charge in [0.05, 0.1) is 13.7 Å². The van der Waals surface area contributed by atoms with Crippen molar-refractivity contribution in [3.05, 3.63) is 105 Å². The quantitative estimate of drug-likeness (QED) is 0.375. The Labute approximate surface area is 206 Å². The molecular weight excluding hydrogens is 458 g/mol. The molecule has 8 heteroatoms. The molecule has 0 aliphatic heterocycles. The van der Waals surface area contributed by atoms with Crippen molar-refractivity contribution in [1.29, 1.82) is 0 Å². The molecule has 0 fully saturated rings. The average molecular weight is 484 g/mol. The van der Waals surface area contributed by atoms with Gasteiger partial charge < -0.3 is 14.5 Å². The fourth-order valence-corrected chi connectivity index (χ4v) is 4.26. The summed E-state index contributed by atoms with van der Waals surface area (Å²) >= 11 is 0. The van der Waals surface area contributed by atoms with Crippen LogP contribution < -0.4 is 21.3 Å². The minimum Gasteiger partial charge on any atom is -0.497 e. The second-order valence-electron chi connectivity index (χ2n) is 8.48. The lowest BCUT2D eigenvalue weighted by Crippen LogP contribution is -2.41. The molecule has 2 aromatic heterocycles. The van der Waals surface area contributed by atoms with Crippen molar-refractivity contribution in [3.63, 3.8) is 0 Å². The van der Waals surface area contributed by atoms with Crippen LogP contribution in [0, 0.1) is 0 Å². The summed E-state index contributed by atoms with van der Waals surface area (Å²) in [5, 5.41) is 3.44. The predicted molar refractivity (Wildman–Crippen MR) is 139 cm³/mol.